The number of hydrogen-bond acceptors (Lipinski definition) is 4. The highest BCUT2D eigenvalue weighted by atomic mass is 35.5. The highest BCUT2D eigenvalue weighted by Crippen LogP contribution is 2.40. The Labute approximate surface area is 164 Å². The molecule has 0 bridgehead atoms. The lowest BCUT2D eigenvalue weighted by Crippen LogP contribution is -2.29. The first-order valence-corrected chi connectivity index (χ1v) is 8.55. The molecule has 3 N–H and O–H groups in total. The molecule has 9 heteroatoms. The number of aromatic hydroxyl groups is 1. The fourth-order valence-electron chi connectivity index (χ4n) is 2.26. The lowest BCUT2D eigenvalue weighted by Gasteiger charge is -2.15. The molecule has 0 unspecified atom stereocenters. The molecule has 2 rings (SSSR count). The lowest BCUT2D eigenvalue weighted by atomic mass is 10.0. The van der Waals surface area contributed by atoms with E-state index in [-0.39, 0.29) is 38.8 Å². The molecule has 0 saturated heterocycles. The molecule has 0 atom stereocenters. The van der Waals surface area contributed by atoms with Crippen molar-refractivity contribution >= 4 is 35.1 Å². The molecule has 1 amide bonds. The minimum Gasteiger partial charge on any atom is -0.508 e. The largest absolute Gasteiger partial charge is 0.508 e. The highest BCUT2D eigenvalue weighted by Gasteiger charge is 2.19. The van der Waals surface area contributed by atoms with Crippen LogP contribution >= 0.6 is 23.2 Å². The number of halogens is 3. The topological polar surface area (TPSA) is 95.9 Å². The maximum absolute atomic E-state index is 14.1. The van der Waals surface area contributed by atoms with Gasteiger partial charge in [0, 0.05) is 17.2 Å². The Bertz CT molecular complexity index is 879. The number of phenols is 1. The molecular weight excluding hydrogens is 400 g/mol. The van der Waals surface area contributed by atoms with Crippen molar-refractivity contribution in [2.75, 3.05) is 6.54 Å². The molecule has 0 saturated carbocycles. The van der Waals surface area contributed by atoms with Crippen molar-refractivity contribution in [1.29, 1.82) is 0 Å². The number of carboxylic acid groups (broad SMARTS) is 1. The number of ether oxygens (including phenoxy) is 1. The van der Waals surface area contributed by atoms with Gasteiger partial charge in [0.1, 0.15) is 12.3 Å². The normalized spacial score (nSPS) is 10.7. The van der Waals surface area contributed by atoms with Crippen LogP contribution in [0.15, 0.2) is 24.3 Å². The molecule has 0 fully saturated rings. The molecule has 2 aromatic rings. The van der Waals surface area contributed by atoms with Crippen molar-refractivity contribution in [3.8, 4) is 17.2 Å². The molecular formula is C18H16Cl2FNO5. The highest BCUT2D eigenvalue weighted by molar-refractivity contribution is 6.37. The van der Waals surface area contributed by atoms with E-state index in [1.54, 1.807) is 0 Å². The summed E-state index contributed by atoms with van der Waals surface area (Å²) in [6, 6.07) is 4.72. The molecule has 0 heterocycles. The summed E-state index contributed by atoms with van der Waals surface area (Å²) < 4.78 is 19.6. The molecule has 0 radical (unpaired) electrons. The Kier molecular flexibility index (Phi) is 6.51. The van der Waals surface area contributed by atoms with Gasteiger partial charge < -0.3 is 20.3 Å². The van der Waals surface area contributed by atoms with Crippen molar-refractivity contribution < 1.29 is 28.9 Å². The van der Waals surface area contributed by atoms with E-state index in [1.165, 1.54) is 18.2 Å². The Balaban J connectivity index is 2.34. The van der Waals surface area contributed by atoms with Crippen LogP contribution in [0.2, 0.25) is 10.0 Å². The Morgan fingerprint density at radius 3 is 2.30 bits per heavy atom. The zero-order valence-corrected chi connectivity index (χ0v) is 15.9. The predicted octanol–water partition coefficient (Wildman–Crippen LogP) is 4.57. The summed E-state index contributed by atoms with van der Waals surface area (Å²) in [7, 11) is 0. The molecule has 0 aliphatic carbocycles. The Morgan fingerprint density at radius 2 is 1.78 bits per heavy atom. The van der Waals surface area contributed by atoms with Crippen LogP contribution < -0.4 is 10.1 Å². The van der Waals surface area contributed by atoms with Crippen LogP contribution in [-0.2, 0) is 4.79 Å². The van der Waals surface area contributed by atoms with Gasteiger partial charge in [0.05, 0.1) is 10.0 Å². The Hall–Kier alpha value is -2.51. The predicted molar refractivity (Wildman–Crippen MR) is 98.7 cm³/mol. The second kappa shape index (κ2) is 8.45. The van der Waals surface area contributed by atoms with Crippen LogP contribution in [0.3, 0.4) is 0 Å². The number of benzene rings is 2. The summed E-state index contributed by atoms with van der Waals surface area (Å²) in [6.45, 7) is 3.07. The second-order valence-corrected chi connectivity index (χ2v) is 6.76. The SMILES string of the molecule is CC(C)c1cc(Oc2c(Cl)cc(C(=O)NCC(=O)O)cc2Cl)c(F)cc1O. The summed E-state index contributed by atoms with van der Waals surface area (Å²) in [4.78, 5) is 22.4. The van der Waals surface area contributed by atoms with E-state index >= 15 is 0 Å². The lowest BCUT2D eigenvalue weighted by molar-refractivity contribution is -0.135. The number of carbonyl (C=O) groups excluding carboxylic acids is 1. The van der Waals surface area contributed by atoms with Gasteiger partial charge in [-0.3, -0.25) is 9.59 Å². The number of nitrogens with one attached hydrogen (secondary N) is 1. The molecule has 0 spiro atoms. The third-order valence-corrected chi connectivity index (χ3v) is 4.14. The molecule has 0 aliphatic heterocycles. The molecule has 0 aromatic heterocycles. The number of phenolic OH excluding ortho intramolecular Hbond substituents is 1. The minimum absolute atomic E-state index is 0.0210. The maximum atomic E-state index is 14.1. The molecule has 27 heavy (non-hydrogen) atoms. The summed E-state index contributed by atoms with van der Waals surface area (Å²) >= 11 is 12.2. The van der Waals surface area contributed by atoms with Crippen molar-refractivity contribution in [1.82, 2.24) is 5.32 Å². The van der Waals surface area contributed by atoms with E-state index in [9.17, 15) is 19.1 Å². The number of carbonyl (C=O) groups is 2. The van der Waals surface area contributed by atoms with Gasteiger partial charge in [-0.15, -0.1) is 0 Å². The van der Waals surface area contributed by atoms with E-state index in [0.717, 1.165) is 6.07 Å². The van der Waals surface area contributed by atoms with Crippen molar-refractivity contribution in [2.45, 2.75) is 19.8 Å². The molecule has 144 valence electrons. The van der Waals surface area contributed by atoms with Crippen LogP contribution in [0.4, 0.5) is 4.39 Å². The molecule has 6 nitrogen and oxygen atoms in total. The number of rotatable bonds is 6. The van der Waals surface area contributed by atoms with Crippen molar-refractivity contribution in [3.63, 3.8) is 0 Å². The summed E-state index contributed by atoms with van der Waals surface area (Å²) in [5, 5.41) is 20.4. The third kappa shape index (κ3) is 5.02. The first-order valence-electron chi connectivity index (χ1n) is 7.79. The van der Waals surface area contributed by atoms with Gasteiger partial charge in [-0.1, -0.05) is 37.0 Å². The van der Waals surface area contributed by atoms with Crippen LogP contribution in [0.1, 0.15) is 35.7 Å². The summed E-state index contributed by atoms with van der Waals surface area (Å²) in [5.74, 6) is -3.25. The van der Waals surface area contributed by atoms with Crippen LogP contribution in [-0.4, -0.2) is 28.6 Å². The van der Waals surface area contributed by atoms with E-state index < -0.39 is 24.2 Å². The fourth-order valence-corrected chi connectivity index (χ4v) is 2.82. The van der Waals surface area contributed by atoms with Gasteiger partial charge in [-0.05, 0) is 24.1 Å². The molecule has 2 aromatic carbocycles. The first kappa shape index (κ1) is 20.8. The van der Waals surface area contributed by atoms with E-state index in [1.807, 2.05) is 13.8 Å². The number of amides is 1. The number of aliphatic carboxylic acids is 1. The number of carboxylic acids is 1. The first-order chi connectivity index (χ1) is 12.6. The average molecular weight is 416 g/mol. The van der Waals surface area contributed by atoms with Crippen LogP contribution in [0, 0.1) is 5.82 Å². The third-order valence-electron chi connectivity index (χ3n) is 3.58. The van der Waals surface area contributed by atoms with Gasteiger partial charge in [0.15, 0.2) is 17.3 Å². The second-order valence-electron chi connectivity index (χ2n) is 5.94. The van der Waals surface area contributed by atoms with E-state index in [0.29, 0.717) is 5.56 Å². The van der Waals surface area contributed by atoms with Crippen LogP contribution in [0.25, 0.3) is 0 Å². The Morgan fingerprint density at radius 1 is 1.19 bits per heavy atom. The van der Waals surface area contributed by atoms with Gasteiger partial charge in [-0.2, -0.15) is 0 Å². The summed E-state index contributed by atoms with van der Waals surface area (Å²) in [5.41, 5.74) is 0.496. The zero-order valence-electron chi connectivity index (χ0n) is 14.3. The van der Waals surface area contributed by atoms with Crippen LogP contribution in [0.5, 0.6) is 17.2 Å². The average Bonchev–Trinajstić information content (AvgIpc) is 2.56. The van der Waals surface area contributed by atoms with Crippen molar-refractivity contribution in [2.24, 2.45) is 0 Å². The maximum Gasteiger partial charge on any atom is 0.322 e. The molecule has 0 aliphatic rings. The zero-order chi connectivity index (χ0) is 20.3. The smallest absolute Gasteiger partial charge is 0.322 e. The minimum atomic E-state index is -1.20. The van der Waals surface area contributed by atoms with Gasteiger partial charge in [-0.25, -0.2) is 4.39 Å². The fraction of sp³-hybridized carbons (Fsp3) is 0.222. The van der Waals surface area contributed by atoms with Crippen molar-refractivity contribution in [3.05, 3.63) is 51.3 Å². The standard InChI is InChI=1S/C18H16Cl2FNO5/c1-8(2)10-5-15(13(21)6-14(10)23)27-17-11(19)3-9(4-12(17)20)18(26)22-7-16(24)25/h3-6,8,23H,7H2,1-2H3,(H,22,26)(H,24,25). The monoisotopic (exact) mass is 415 g/mol. The van der Waals surface area contributed by atoms with Gasteiger partial charge >= 0.3 is 5.97 Å². The van der Waals surface area contributed by atoms with E-state index in [2.05, 4.69) is 5.32 Å². The quantitative estimate of drug-likeness (QED) is 0.641. The van der Waals surface area contributed by atoms with Gasteiger partial charge in [0.2, 0.25) is 0 Å². The number of hydrogen-bond donors (Lipinski definition) is 3. The van der Waals surface area contributed by atoms with Gasteiger partial charge in [0.25, 0.3) is 5.91 Å². The summed E-state index contributed by atoms with van der Waals surface area (Å²) in [6.07, 6.45) is 0. The van der Waals surface area contributed by atoms with E-state index in [4.69, 9.17) is 33.0 Å².